The van der Waals surface area contributed by atoms with E-state index in [1.807, 2.05) is 48.5 Å². The molecule has 0 bridgehead atoms. The van der Waals surface area contributed by atoms with Crippen LogP contribution < -0.4 is 4.90 Å². The lowest BCUT2D eigenvalue weighted by Crippen LogP contribution is -2.47. The van der Waals surface area contributed by atoms with E-state index in [1.54, 1.807) is 12.1 Å². The van der Waals surface area contributed by atoms with Crippen molar-refractivity contribution in [2.45, 2.75) is 25.2 Å². The number of rotatable bonds is 6. The number of hydrogen-bond donors (Lipinski definition) is 0. The minimum atomic E-state index is -4.39. The Labute approximate surface area is 244 Å². The first-order chi connectivity index (χ1) is 19.2. The second kappa shape index (κ2) is 12.7. The van der Waals surface area contributed by atoms with Gasteiger partial charge in [0.2, 0.25) is 0 Å². The number of alkyl halides is 3. The second-order valence-corrected chi connectivity index (χ2v) is 11.7. The van der Waals surface area contributed by atoms with E-state index in [4.69, 9.17) is 23.2 Å². The molecule has 0 radical (unpaired) electrons. The van der Waals surface area contributed by atoms with E-state index in [-0.39, 0.29) is 12.6 Å². The summed E-state index contributed by atoms with van der Waals surface area (Å²) in [6.45, 7) is 6.66. The minimum absolute atomic E-state index is 0.00640. The van der Waals surface area contributed by atoms with E-state index in [1.165, 1.54) is 6.07 Å². The number of piperazine rings is 1. The maximum Gasteiger partial charge on any atom is 0.416 e. The molecule has 5 rings (SSSR count). The zero-order valence-electron chi connectivity index (χ0n) is 22.7. The molecule has 0 aromatic heterocycles. The Hall–Kier alpha value is -2.29. The van der Waals surface area contributed by atoms with Crippen LogP contribution in [0.5, 0.6) is 0 Å². The van der Waals surface area contributed by atoms with Gasteiger partial charge in [0, 0.05) is 68.1 Å². The molecule has 0 amide bonds. The van der Waals surface area contributed by atoms with E-state index in [2.05, 4.69) is 26.6 Å². The highest BCUT2D eigenvalue weighted by Gasteiger charge is 2.35. The standard InChI is InChI=1S/C31H35Cl2F3N4/c1-37-13-2-14-39(18-15-37)28-11-12-29(31(34,35)36)25(21-28)22-38-16-19-40(20-17-38)30(23-3-7-26(32)8-4-23)24-5-9-27(33)10-6-24/h3-12,21,30H,2,13-20,22H2,1H3. The van der Waals surface area contributed by atoms with Crippen LogP contribution in [0.1, 0.15) is 34.7 Å². The summed E-state index contributed by atoms with van der Waals surface area (Å²) in [5.74, 6) is 0. The van der Waals surface area contributed by atoms with E-state index in [0.29, 0.717) is 28.7 Å². The molecule has 0 atom stereocenters. The quantitative estimate of drug-likeness (QED) is 0.304. The maximum atomic E-state index is 14.0. The molecular formula is C31H35Cl2F3N4. The lowest BCUT2D eigenvalue weighted by atomic mass is 9.96. The van der Waals surface area contributed by atoms with Crippen molar-refractivity contribution in [3.8, 4) is 0 Å². The zero-order chi connectivity index (χ0) is 28.3. The molecule has 0 saturated carbocycles. The summed E-state index contributed by atoms with van der Waals surface area (Å²) >= 11 is 12.3. The average molecular weight is 592 g/mol. The lowest BCUT2D eigenvalue weighted by molar-refractivity contribution is -0.138. The fourth-order valence-electron chi connectivity index (χ4n) is 5.81. The van der Waals surface area contributed by atoms with Crippen molar-refractivity contribution in [3.63, 3.8) is 0 Å². The Morgan fingerprint density at radius 1 is 0.725 bits per heavy atom. The van der Waals surface area contributed by atoms with Gasteiger partial charge in [0.15, 0.2) is 0 Å². The summed E-state index contributed by atoms with van der Waals surface area (Å²) in [5, 5.41) is 1.36. The van der Waals surface area contributed by atoms with Crippen LogP contribution >= 0.6 is 23.2 Å². The first kappa shape index (κ1) is 29.2. The molecule has 3 aromatic rings. The molecule has 214 valence electrons. The van der Waals surface area contributed by atoms with Gasteiger partial charge in [0.05, 0.1) is 11.6 Å². The molecule has 0 spiro atoms. The Morgan fingerprint density at radius 3 is 1.90 bits per heavy atom. The van der Waals surface area contributed by atoms with Crippen molar-refractivity contribution >= 4 is 28.9 Å². The lowest BCUT2D eigenvalue weighted by Gasteiger charge is -2.40. The van der Waals surface area contributed by atoms with Crippen LogP contribution in [0.25, 0.3) is 0 Å². The van der Waals surface area contributed by atoms with Gasteiger partial charge in [0.1, 0.15) is 0 Å². The van der Waals surface area contributed by atoms with Crippen LogP contribution in [0, 0.1) is 0 Å². The fourth-order valence-corrected chi connectivity index (χ4v) is 6.07. The van der Waals surface area contributed by atoms with Gasteiger partial charge in [-0.15, -0.1) is 0 Å². The summed E-state index contributed by atoms with van der Waals surface area (Å²) in [6.07, 6.45) is -3.39. The van der Waals surface area contributed by atoms with Crippen LogP contribution in [0.4, 0.5) is 18.9 Å². The summed E-state index contributed by atoms with van der Waals surface area (Å²) in [5.41, 5.74) is 2.93. The third-order valence-electron chi connectivity index (χ3n) is 8.02. The van der Waals surface area contributed by atoms with Crippen molar-refractivity contribution in [2.75, 3.05) is 64.3 Å². The molecule has 9 heteroatoms. The number of halogens is 5. The molecule has 0 N–H and O–H groups in total. The van der Waals surface area contributed by atoms with E-state index in [0.717, 1.165) is 62.5 Å². The number of benzene rings is 3. The molecule has 0 aliphatic carbocycles. The van der Waals surface area contributed by atoms with Gasteiger partial charge in [-0.3, -0.25) is 9.80 Å². The van der Waals surface area contributed by atoms with Gasteiger partial charge in [0.25, 0.3) is 0 Å². The number of likely N-dealkylation sites (N-methyl/N-ethyl adjacent to an activating group) is 1. The molecule has 2 heterocycles. The van der Waals surface area contributed by atoms with E-state index < -0.39 is 11.7 Å². The SMILES string of the molecule is CN1CCCN(c2ccc(C(F)(F)F)c(CN3CCN(C(c4ccc(Cl)cc4)c4ccc(Cl)cc4)CC3)c2)CC1. The Bertz CT molecular complexity index is 1210. The molecule has 2 saturated heterocycles. The molecule has 2 aliphatic rings. The first-order valence-corrected chi connectivity index (χ1v) is 14.5. The summed E-state index contributed by atoms with van der Waals surface area (Å²) in [7, 11) is 2.09. The summed E-state index contributed by atoms with van der Waals surface area (Å²) in [6, 6.07) is 20.4. The highest BCUT2D eigenvalue weighted by Crippen LogP contribution is 2.36. The zero-order valence-corrected chi connectivity index (χ0v) is 24.2. The molecular weight excluding hydrogens is 556 g/mol. The van der Waals surface area contributed by atoms with Crippen LogP contribution in [0.15, 0.2) is 66.7 Å². The molecule has 0 unspecified atom stereocenters. The minimum Gasteiger partial charge on any atom is -0.370 e. The predicted molar refractivity (Wildman–Crippen MR) is 157 cm³/mol. The van der Waals surface area contributed by atoms with Crippen molar-refractivity contribution < 1.29 is 13.2 Å². The van der Waals surface area contributed by atoms with Crippen LogP contribution in [-0.4, -0.2) is 74.1 Å². The van der Waals surface area contributed by atoms with Crippen molar-refractivity contribution in [1.82, 2.24) is 14.7 Å². The van der Waals surface area contributed by atoms with Crippen molar-refractivity contribution in [2.24, 2.45) is 0 Å². The summed E-state index contributed by atoms with van der Waals surface area (Å²) < 4.78 is 42.1. The summed E-state index contributed by atoms with van der Waals surface area (Å²) in [4.78, 5) is 9.01. The maximum absolute atomic E-state index is 14.0. The van der Waals surface area contributed by atoms with Crippen LogP contribution in [-0.2, 0) is 12.7 Å². The van der Waals surface area contributed by atoms with Gasteiger partial charge in [-0.25, -0.2) is 0 Å². The normalized spacial score (nSPS) is 18.3. The van der Waals surface area contributed by atoms with Gasteiger partial charge in [-0.1, -0.05) is 47.5 Å². The first-order valence-electron chi connectivity index (χ1n) is 13.8. The van der Waals surface area contributed by atoms with Crippen molar-refractivity contribution in [3.05, 3.63) is 99.0 Å². The van der Waals surface area contributed by atoms with Gasteiger partial charge in [-0.05, 0) is 79.2 Å². The Balaban J connectivity index is 1.33. The van der Waals surface area contributed by atoms with Gasteiger partial charge < -0.3 is 9.80 Å². The number of hydrogen-bond acceptors (Lipinski definition) is 4. The molecule has 3 aromatic carbocycles. The largest absolute Gasteiger partial charge is 0.416 e. The third kappa shape index (κ3) is 7.12. The van der Waals surface area contributed by atoms with Crippen molar-refractivity contribution in [1.29, 1.82) is 0 Å². The molecule has 40 heavy (non-hydrogen) atoms. The Kier molecular flexibility index (Phi) is 9.28. The van der Waals surface area contributed by atoms with Crippen LogP contribution in [0.3, 0.4) is 0 Å². The molecule has 4 nitrogen and oxygen atoms in total. The highest BCUT2D eigenvalue weighted by molar-refractivity contribution is 6.30. The molecule has 2 fully saturated rings. The Morgan fingerprint density at radius 2 is 1.32 bits per heavy atom. The fraction of sp³-hybridized carbons (Fsp3) is 0.419. The topological polar surface area (TPSA) is 13.0 Å². The average Bonchev–Trinajstić information content (AvgIpc) is 3.15. The van der Waals surface area contributed by atoms with Gasteiger partial charge in [-0.2, -0.15) is 13.2 Å². The van der Waals surface area contributed by atoms with E-state index in [9.17, 15) is 13.2 Å². The van der Waals surface area contributed by atoms with Gasteiger partial charge >= 0.3 is 6.18 Å². The second-order valence-electron chi connectivity index (χ2n) is 10.8. The van der Waals surface area contributed by atoms with Crippen LogP contribution in [0.2, 0.25) is 10.0 Å². The smallest absolute Gasteiger partial charge is 0.370 e. The number of anilines is 1. The van der Waals surface area contributed by atoms with E-state index >= 15 is 0 Å². The molecule has 2 aliphatic heterocycles. The third-order valence-corrected chi connectivity index (χ3v) is 8.52. The number of nitrogens with zero attached hydrogens (tertiary/aromatic N) is 4. The highest BCUT2D eigenvalue weighted by atomic mass is 35.5. The predicted octanol–water partition coefficient (Wildman–Crippen LogP) is 7.06. The monoisotopic (exact) mass is 590 g/mol.